The molecule has 0 spiro atoms. The molecule has 0 radical (unpaired) electrons. The Bertz CT molecular complexity index is 452. The molecule has 0 saturated heterocycles. The molecule has 3 heteroatoms. The number of aromatic nitrogens is 1. The molecule has 0 fully saturated rings. The van der Waals surface area contributed by atoms with E-state index in [0.717, 1.165) is 11.4 Å². The first-order chi connectivity index (χ1) is 7.75. The van der Waals surface area contributed by atoms with Gasteiger partial charge in [-0.05, 0) is 30.3 Å². The number of rotatable bonds is 3. The zero-order valence-corrected chi connectivity index (χ0v) is 9.51. The minimum atomic E-state index is 0.999. The highest BCUT2D eigenvalue weighted by molar-refractivity contribution is 5.64. The van der Waals surface area contributed by atoms with Crippen LogP contribution in [0.5, 0.6) is 0 Å². The van der Waals surface area contributed by atoms with Gasteiger partial charge in [-0.2, -0.15) is 0 Å². The maximum Gasteiger partial charge on any atom is 0.0570 e. The number of nitrogens with one attached hydrogen (secondary N) is 1. The summed E-state index contributed by atoms with van der Waals surface area (Å²) >= 11 is 0. The Morgan fingerprint density at radius 2 is 1.88 bits per heavy atom. The maximum atomic E-state index is 4.07. The summed E-state index contributed by atoms with van der Waals surface area (Å²) in [5.41, 5.74) is 3.24. The van der Waals surface area contributed by atoms with Crippen molar-refractivity contribution in [2.24, 2.45) is 0 Å². The molecule has 0 aliphatic carbocycles. The monoisotopic (exact) mass is 213 g/mol. The Labute approximate surface area is 95.7 Å². The highest BCUT2D eigenvalue weighted by Gasteiger charge is 1.97. The van der Waals surface area contributed by atoms with Gasteiger partial charge in [0.25, 0.3) is 0 Å². The van der Waals surface area contributed by atoms with Crippen LogP contribution in [0.25, 0.3) is 0 Å². The molecule has 1 aromatic carbocycles. The fraction of sp³-hybridized carbons (Fsp3) is 0.154. The molecule has 82 valence electrons. The van der Waals surface area contributed by atoms with E-state index in [4.69, 9.17) is 0 Å². The van der Waals surface area contributed by atoms with Crippen LogP contribution in [0.3, 0.4) is 0 Å². The first-order valence-electron chi connectivity index (χ1n) is 5.20. The molecule has 1 N–H and O–H groups in total. The van der Waals surface area contributed by atoms with Crippen molar-refractivity contribution in [3.8, 4) is 0 Å². The van der Waals surface area contributed by atoms with E-state index in [1.54, 1.807) is 6.20 Å². The van der Waals surface area contributed by atoms with Crippen LogP contribution in [0.15, 0.2) is 48.8 Å². The minimum Gasteiger partial charge on any atom is -0.378 e. The lowest BCUT2D eigenvalue weighted by atomic mass is 10.2. The van der Waals surface area contributed by atoms with Gasteiger partial charge in [0.05, 0.1) is 11.9 Å². The summed E-state index contributed by atoms with van der Waals surface area (Å²) in [6, 6.07) is 12.2. The van der Waals surface area contributed by atoms with Gasteiger partial charge in [-0.1, -0.05) is 6.07 Å². The molecule has 0 atom stereocenters. The van der Waals surface area contributed by atoms with Crippen LogP contribution in [0.4, 0.5) is 17.1 Å². The molecule has 0 aliphatic heterocycles. The van der Waals surface area contributed by atoms with Crippen molar-refractivity contribution < 1.29 is 0 Å². The highest BCUT2D eigenvalue weighted by atomic mass is 15.1. The fourth-order valence-electron chi connectivity index (χ4n) is 1.47. The Kier molecular flexibility index (Phi) is 3.05. The third-order valence-electron chi connectivity index (χ3n) is 2.31. The predicted octanol–water partition coefficient (Wildman–Crippen LogP) is 2.89. The molecule has 1 heterocycles. The predicted molar refractivity (Wildman–Crippen MR) is 68.3 cm³/mol. The third-order valence-corrected chi connectivity index (χ3v) is 2.31. The molecular formula is C13H15N3. The van der Waals surface area contributed by atoms with Crippen LogP contribution >= 0.6 is 0 Å². The Hall–Kier alpha value is -2.03. The van der Waals surface area contributed by atoms with Crippen LogP contribution in [-0.2, 0) is 0 Å². The fourth-order valence-corrected chi connectivity index (χ4v) is 1.47. The van der Waals surface area contributed by atoms with E-state index >= 15 is 0 Å². The van der Waals surface area contributed by atoms with Crippen molar-refractivity contribution >= 4 is 17.1 Å². The number of anilines is 3. The number of benzene rings is 1. The van der Waals surface area contributed by atoms with Gasteiger partial charge in [0.2, 0.25) is 0 Å². The van der Waals surface area contributed by atoms with Crippen LogP contribution in [0, 0.1) is 0 Å². The van der Waals surface area contributed by atoms with Crippen LogP contribution < -0.4 is 10.2 Å². The lowest BCUT2D eigenvalue weighted by molar-refractivity contribution is 1.13. The SMILES string of the molecule is CN(C)c1cccc(Nc2cccnc2)c1. The van der Waals surface area contributed by atoms with Gasteiger partial charge < -0.3 is 10.2 Å². The largest absolute Gasteiger partial charge is 0.378 e. The van der Waals surface area contributed by atoms with Gasteiger partial charge in [-0.25, -0.2) is 0 Å². The van der Waals surface area contributed by atoms with E-state index in [2.05, 4.69) is 27.3 Å². The maximum absolute atomic E-state index is 4.07. The van der Waals surface area contributed by atoms with E-state index < -0.39 is 0 Å². The lowest BCUT2D eigenvalue weighted by Gasteiger charge is -2.14. The Balaban J connectivity index is 2.19. The average Bonchev–Trinajstić information content (AvgIpc) is 2.30. The van der Waals surface area contributed by atoms with Gasteiger partial charge in [0, 0.05) is 31.7 Å². The zero-order chi connectivity index (χ0) is 11.4. The van der Waals surface area contributed by atoms with E-state index in [0.29, 0.717) is 0 Å². The normalized spacial score (nSPS) is 9.88. The molecule has 16 heavy (non-hydrogen) atoms. The van der Waals surface area contributed by atoms with Crippen LogP contribution in [0.1, 0.15) is 0 Å². The second-order valence-electron chi connectivity index (χ2n) is 3.81. The van der Waals surface area contributed by atoms with E-state index in [9.17, 15) is 0 Å². The summed E-state index contributed by atoms with van der Waals surface area (Å²) in [6.45, 7) is 0. The van der Waals surface area contributed by atoms with Crippen LogP contribution in [-0.4, -0.2) is 19.1 Å². The number of nitrogens with zero attached hydrogens (tertiary/aromatic N) is 2. The van der Waals surface area contributed by atoms with Crippen molar-refractivity contribution in [3.63, 3.8) is 0 Å². The van der Waals surface area contributed by atoms with Gasteiger partial charge in [0.15, 0.2) is 0 Å². The number of hydrogen-bond donors (Lipinski definition) is 1. The summed E-state index contributed by atoms with van der Waals surface area (Å²) in [7, 11) is 4.06. The van der Waals surface area contributed by atoms with Gasteiger partial charge in [0.1, 0.15) is 0 Å². The molecule has 0 saturated carbocycles. The smallest absolute Gasteiger partial charge is 0.0570 e. The molecule has 0 amide bonds. The first kappa shape index (κ1) is 10.5. The number of hydrogen-bond acceptors (Lipinski definition) is 3. The van der Waals surface area contributed by atoms with Crippen molar-refractivity contribution in [3.05, 3.63) is 48.8 Å². The third kappa shape index (κ3) is 2.51. The topological polar surface area (TPSA) is 28.2 Å². The molecule has 0 unspecified atom stereocenters. The molecule has 0 aliphatic rings. The molecule has 3 nitrogen and oxygen atoms in total. The molecule has 1 aromatic heterocycles. The van der Waals surface area contributed by atoms with Gasteiger partial charge in [-0.3, -0.25) is 4.98 Å². The van der Waals surface area contributed by atoms with Crippen LogP contribution in [0.2, 0.25) is 0 Å². The van der Waals surface area contributed by atoms with Crippen molar-refractivity contribution in [1.29, 1.82) is 0 Å². The lowest BCUT2D eigenvalue weighted by Crippen LogP contribution is -2.08. The second-order valence-corrected chi connectivity index (χ2v) is 3.81. The van der Waals surface area contributed by atoms with Gasteiger partial charge in [-0.15, -0.1) is 0 Å². The van der Waals surface area contributed by atoms with Crippen molar-refractivity contribution in [1.82, 2.24) is 4.98 Å². The number of pyridine rings is 1. The summed E-state index contributed by atoms with van der Waals surface area (Å²) in [6.07, 6.45) is 3.57. The summed E-state index contributed by atoms with van der Waals surface area (Å²) in [5, 5.41) is 3.31. The Morgan fingerprint density at radius 1 is 1.06 bits per heavy atom. The standard InChI is InChI=1S/C13H15N3/c1-16(2)13-7-3-5-11(9-13)15-12-6-4-8-14-10-12/h3-10,15H,1-2H3. The minimum absolute atomic E-state index is 0.999. The molecule has 2 aromatic rings. The van der Waals surface area contributed by atoms with Crippen molar-refractivity contribution in [2.75, 3.05) is 24.3 Å². The van der Waals surface area contributed by atoms with Gasteiger partial charge >= 0.3 is 0 Å². The summed E-state index contributed by atoms with van der Waals surface area (Å²) < 4.78 is 0. The quantitative estimate of drug-likeness (QED) is 0.849. The average molecular weight is 213 g/mol. The Morgan fingerprint density at radius 3 is 2.56 bits per heavy atom. The molecule has 2 rings (SSSR count). The second kappa shape index (κ2) is 4.66. The summed E-state index contributed by atoms with van der Waals surface area (Å²) in [4.78, 5) is 6.14. The van der Waals surface area contributed by atoms with E-state index in [-0.39, 0.29) is 0 Å². The van der Waals surface area contributed by atoms with E-state index in [1.165, 1.54) is 5.69 Å². The van der Waals surface area contributed by atoms with E-state index in [1.807, 2.05) is 44.6 Å². The zero-order valence-electron chi connectivity index (χ0n) is 9.51. The molecule has 0 bridgehead atoms. The first-order valence-corrected chi connectivity index (χ1v) is 5.20. The summed E-state index contributed by atoms with van der Waals surface area (Å²) in [5.74, 6) is 0. The highest BCUT2D eigenvalue weighted by Crippen LogP contribution is 2.20. The van der Waals surface area contributed by atoms with Crippen molar-refractivity contribution in [2.45, 2.75) is 0 Å². The molecular weight excluding hydrogens is 198 g/mol.